The van der Waals surface area contributed by atoms with Crippen LogP contribution in [0.15, 0.2) is 10.9 Å². The second-order valence-electron chi connectivity index (χ2n) is 7.40. The smallest absolute Gasteiger partial charge is 0.318 e. The Bertz CT molecular complexity index is 681. The van der Waals surface area contributed by atoms with E-state index in [0.717, 1.165) is 31.4 Å². The van der Waals surface area contributed by atoms with E-state index in [2.05, 4.69) is 17.2 Å². The molecule has 6 heteroatoms. The molecule has 6 nitrogen and oxygen atoms in total. The Labute approximate surface area is 142 Å². The van der Waals surface area contributed by atoms with Gasteiger partial charge in [0.05, 0.1) is 24.8 Å². The van der Waals surface area contributed by atoms with Crippen LogP contribution in [0.5, 0.6) is 0 Å². The number of urea groups is 1. The van der Waals surface area contributed by atoms with Gasteiger partial charge in [-0.3, -0.25) is 4.79 Å². The molecule has 0 bridgehead atoms. The second kappa shape index (κ2) is 6.59. The maximum atomic E-state index is 12.6. The highest BCUT2D eigenvalue weighted by Gasteiger charge is 2.35. The van der Waals surface area contributed by atoms with Crippen molar-refractivity contribution in [3.63, 3.8) is 0 Å². The van der Waals surface area contributed by atoms with Crippen LogP contribution in [0.4, 0.5) is 4.79 Å². The van der Waals surface area contributed by atoms with E-state index in [1.165, 1.54) is 5.56 Å². The van der Waals surface area contributed by atoms with Crippen molar-refractivity contribution in [2.45, 2.75) is 64.6 Å². The minimum atomic E-state index is -0.339. The molecule has 1 atom stereocenters. The summed E-state index contributed by atoms with van der Waals surface area (Å²) in [7, 11) is 0. The van der Waals surface area contributed by atoms with Crippen molar-refractivity contribution in [1.29, 1.82) is 0 Å². The lowest BCUT2D eigenvalue weighted by Crippen LogP contribution is -2.58. The number of ether oxygens (including phenoxy) is 1. The number of carbonyl (C=O) groups is 1. The molecule has 1 fully saturated rings. The molecule has 2 aliphatic rings. The van der Waals surface area contributed by atoms with Crippen molar-refractivity contribution in [1.82, 2.24) is 15.2 Å². The van der Waals surface area contributed by atoms with Gasteiger partial charge in [0, 0.05) is 17.8 Å². The number of carbonyl (C=O) groups excluding carboxylic acids is 1. The Hall–Kier alpha value is -1.82. The van der Waals surface area contributed by atoms with E-state index in [0.29, 0.717) is 18.7 Å². The van der Waals surface area contributed by atoms with E-state index in [1.807, 2.05) is 24.8 Å². The summed E-state index contributed by atoms with van der Waals surface area (Å²) in [6.45, 7) is 7.40. The molecule has 0 spiro atoms. The normalized spacial score (nSPS) is 22.3. The van der Waals surface area contributed by atoms with Crippen LogP contribution >= 0.6 is 0 Å². The van der Waals surface area contributed by atoms with Gasteiger partial charge in [-0.25, -0.2) is 4.79 Å². The third kappa shape index (κ3) is 3.48. The molecule has 2 heterocycles. The highest BCUT2D eigenvalue weighted by atomic mass is 16.5. The summed E-state index contributed by atoms with van der Waals surface area (Å²) < 4.78 is 5.80. The van der Waals surface area contributed by atoms with Gasteiger partial charge in [0.15, 0.2) is 0 Å². The van der Waals surface area contributed by atoms with Gasteiger partial charge in [-0.15, -0.1) is 0 Å². The van der Waals surface area contributed by atoms with Gasteiger partial charge in [0.2, 0.25) is 0 Å². The Morgan fingerprint density at radius 3 is 3.00 bits per heavy atom. The number of aromatic amines is 1. The number of hydrogen-bond donors (Lipinski definition) is 2. The Balaban J connectivity index is 1.67. The molecule has 3 rings (SSSR count). The Kier molecular flexibility index (Phi) is 4.67. The number of H-pyrrole nitrogens is 1. The molecule has 1 saturated heterocycles. The number of morpholine rings is 1. The van der Waals surface area contributed by atoms with Crippen LogP contribution < -0.4 is 10.9 Å². The fourth-order valence-electron chi connectivity index (χ4n) is 3.54. The van der Waals surface area contributed by atoms with Crippen LogP contribution in [0.2, 0.25) is 0 Å². The lowest BCUT2D eigenvalue weighted by Gasteiger charge is -2.43. The number of nitrogens with zero attached hydrogens (tertiary/aromatic N) is 1. The van der Waals surface area contributed by atoms with Crippen molar-refractivity contribution < 1.29 is 9.53 Å². The minimum Gasteiger partial charge on any atom is -0.372 e. The summed E-state index contributed by atoms with van der Waals surface area (Å²) in [6, 6.07) is 1.90. The second-order valence-corrected chi connectivity index (χ2v) is 7.40. The number of nitrogens with one attached hydrogen (secondary N) is 2. The largest absolute Gasteiger partial charge is 0.372 e. The number of pyridine rings is 1. The van der Waals surface area contributed by atoms with Crippen molar-refractivity contribution >= 4 is 6.03 Å². The van der Waals surface area contributed by atoms with Gasteiger partial charge < -0.3 is 19.9 Å². The Morgan fingerprint density at radius 2 is 2.25 bits per heavy atom. The van der Waals surface area contributed by atoms with Crippen molar-refractivity contribution in [3.05, 3.63) is 33.2 Å². The molecule has 1 aromatic heterocycles. The van der Waals surface area contributed by atoms with Gasteiger partial charge in [-0.1, -0.05) is 6.92 Å². The van der Waals surface area contributed by atoms with Gasteiger partial charge in [0.1, 0.15) is 0 Å². The average Bonchev–Trinajstić information content (AvgIpc) is 2.98. The van der Waals surface area contributed by atoms with Crippen molar-refractivity contribution in [2.75, 3.05) is 13.2 Å². The molecule has 0 saturated carbocycles. The van der Waals surface area contributed by atoms with E-state index in [9.17, 15) is 9.59 Å². The van der Waals surface area contributed by atoms with Crippen LogP contribution in [0.3, 0.4) is 0 Å². The summed E-state index contributed by atoms with van der Waals surface area (Å²) in [5.41, 5.74) is 2.46. The summed E-state index contributed by atoms with van der Waals surface area (Å²) in [6.07, 6.45) is 3.88. The summed E-state index contributed by atoms with van der Waals surface area (Å²) >= 11 is 0. The zero-order valence-corrected chi connectivity index (χ0v) is 14.8. The highest BCUT2D eigenvalue weighted by molar-refractivity contribution is 5.74. The minimum absolute atomic E-state index is 0.0799. The van der Waals surface area contributed by atoms with Gasteiger partial charge in [-0.05, 0) is 51.2 Å². The summed E-state index contributed by atoms with van der Waals surface area (Å²) in [4.78, 5) is 29.6. The number of fused-ring (bicyclic) bond motifs is 1. The van der Waals surface area contributed by atoms with Crippen molar-refractivity contribution in [3.8, 4) is 0 Å². The third-order valence-corrected chi connectivity index (χ3v) is 4.99. The number of rotatable bonds is 3. The highest BCUT2D eigenvalue weighted by Crippen LogP contribution is 2.22. The molecule has 1 aliphatic carbocycles. The predicted molar refractivity (Wildman–Crippen MR) is 92.1 cm³/mol. The topological polar surface area (TPSA) is 74.4 Å². The maximum Gasteiger partial charge on any atom is 0.318 e. The van der Waals surface area contributed by atoms with Crippen LogP contribution in [0.1, 0.15) is 50.4 Å². The molecular weight excluding hydrogens is 306 g/mol. The molecular formula is C18H27N3O3. The zero-order valence-electron chi connectivity index (χ0n) is 14.8. The van der Waals surface area contributed by atoms with Crippen molar-refractivity contribution in [2.24, 2.45) is 0 Å². The van der Waals surface area contributed by atoms with Gasteiger partial charge in [-0.2, -0.15) is 0 Å². The van der Waals surface area contributed by atoms with E-state index in [1.54, 1.807) is 0 Å². The maximum absolute atomic E-state index is 12.6. The molecule has 2 amide bonds. The molecule has 0 aromatic carbocycles. The van der Waals surface area contributed by atoms with Crippen LogP contribution in [-0.4, -0.2) is 40.7 Å². The lowest BCUT2D eigenvalue weighted by molar-refractivity contribution is -0.0997. The SMILES string of the molecule is CCC1COC(C)(C)CN1C(=O)NCc1cc2c([nH]c1=O)CCC2. The first-order chi connectivity index (χ1) is 11.4. The van der Waals surface area contributed by atoms with Crippen LogP contribution in [0.25, 0.3) is 0 Å². The zero-order chi connectivity index (χ0) is 17.3. The van der Waals surface area contributed by atoms with E-state index in [-0.39, 0.29) is 29.8 Å². The molecule has 2 N–H and O–H groups in total. The summed E-state index contributed by atoms with van der Waals surface area (Å²) in [5.74, 6) is 0. The summed E-state index contributed by atoms with van der Waals surface area (Å²) in [5, 5.41) is 2.91. The molecule has 1 aromatic rings. The number of aromatic nitrogens is 1. The first-order valence-electron chi connectivity index (χ1n) is 8.82. The van der Waals surface area contributed by atoms with Gasteiger partial charge in [0.25, 0.3) is 5.56 Å². The fourth-order valence-corrected chi connectivity index (χ4v) is 3.54. The number of hydrogen-bond acceptors (Lipinski definition) is 3. The molecule has 1 unspecified atom stereocenters. The van der Waals surface area contributed by atoms with Crippen LogP contribution in [-0.2, 0) is 24.1 Å². The standard InChI is InChI=1S/C18H27N3O3/c1-4-14-10-24-18(2,3)11-21(14)17(23)19-9-13-8-12-6-5-7-15(12)20-16(13)22/h8,14H,4-7,9-11H2,1-3H3,(H,19,23)(H,20,22). The van der Waals surface area contributed by atoms with E-state index >= 15 is 0 Å². The molecule has 1 aliphatic heterocycles. The Morgan fingerprint density at radius 1 is 1.46 bits per heavy atom. The lowest BCUT2D eigenvalue weighted by atomic mass is 10.0. The van der Waals surface area contributed by atoms with E-state index in [4.69, 9.17) is 4.74 Å². The quantitative estimate of drug-likeness (QED) is 0.888. The molecule has 24 heavy (non-hydrogen) atoms. The molecule has 132 valence electrons. The predicted octanol–water partition coefficient (Wildman–Crippen LogP) is 1.96. The van der Waals surface area contributed by atoms with E-state index < -0.39 is 0 Å². The third-order valence-electron chi connectivity index (χ3n) is 4.99. The average molecular weight is 333 g/mol. The van der Waals surface area contributed by atoms with Crippen LogP contribution in [0, 0.1) is 0 Å². The monoisotopic (exact) mass is 333 g/mol. The number of amides is 2. The first-order valence-corrected chi connectivity index (χ1v) is 8.82. The first kappa shape index (κ1) is 17.0. The molecule has 0 radical (unpaired) electrons. The fraction of sp³-hybridized carbons (Fsp3) is 0.667. The van der Waals surface area contributed by atoms with Gasteiger partial charge >= 0.3 is 6.03 Å². The number of aryl methyl sites for hydroxylation is 2.